The van der Waals surface area contributed by atoms with Gasteiger partial charge in [-0.15, -0.1) is 0 Å². The lowest BCUT2D eigenvalue weighted by Crippen LogP contribution is -2.27. The molecule has 0 aliphatic carbocycles. The maximum absolute atomic E-state index is 12.1. The molecule has 4 heteroatoms. The predicted molar refractivity (Wildman–Crippen MR) is 73.1 cm³/mol. The fraction of sp³-hybridized carbons (Fsp3) is 0.200. The molecule has 2 rings (SSSR count). The van der Waals surface area contributed by atoms with Gasteiger partial charge in [-0.25, -0.2) is 0 Å². The molecule has 0 saturated carbocycles. The van der Waals surface area contributed by atoms with E-state index in [0.717, 1.165) is 5.69 Å². The topological polar surface area (TPSA) is 51.2 Å². The predicted octanol–water partition coefficient (Wildman–Crippen LogP) is 2.58. The number of carbonyl (C=O) groups is 1. The second kappa shape index (κ2) is 6.00. The Bertz CT molecular complexity index is 555. The lowest BCUT2D eigenvalue weighted by atomic mass is 10.1. The van der Waals surface area contributed by atoms with E-state index in [0.29, 0.717) is 11.3 Å². The number of pyridine rings is 1. The minimum absolute atomic E-state index is 0.139. The van der Waals surface area contributed by atoms with Crippen LogP contribution >= 0.6 is 0 Å². The third-order valence-electron chi connectivity index (χ3n) is 2.81. The number of hydrogen-bond acceptors (Lipinski definition) is 3. The third kappa shape index (κ3) is 3.31. The molecular weight excluding hydrogens is 240 g/mol. The van der Waals surface area contributed by atoms with Crippen molar-refractivity contribution in [1.29, 1.82) is 0 Å². The molecule has 0 radical (unpaired) electrons. The molecule has 1 N–H and O–H groups in total. The van der Waals surface area contributed by atoms with Crippen LogP contribution in [-0.2, 0) is 0 Å². The van der Waals surface area contributed by atoms with Crippen molar-refractivity contribution in [2.45, 2.75) is 13.0 Å². The summed E-state index contributed by atoms with van der Waals surface area (Å²) in [6.45, 7) is 1.90. The van der Waals surface area contributed by atoms with Crippen LogP contribution in [0, 0.1) is 0 Å². The average Bonchev–Trinajstić information content (AvgIpc) is 2.48. The smallest absolute Gasteiger partial charge is 0.251 e. The fourth-order valence-corrected chi connectivity index (χ4v) is 1.75. The Morgan fingerprint density at radius 3 is 2.79 bits per heavy atom. The average molecular weight is 256 g/mol. The van der Waals surface area contributed by atoms with Crippen LogP contribution in [0.4, 0.5) is 0 Å². The van der Waals surface area contributed by atoms with Crippen molar-refractivity contribution in [2.24, 2.45) is 0 Å². The van der Waals surface area contributed by atoms with Gasteiger partial charge >= 0.3 is 0 Å². The Morgan fingerprint density at radius 2 is 2.11 bits per heavy atom. The first-order valence-electron chi connectivity index (χ1n) is 6.06. The van der Waals surface area contributed by atoms with Gasteiger partial charge in [0.15, 0.2) is 0 Å². The number of carbonyl (C=O) groups excluding carboxylic acids is 1. The Labute approximate surface area is 112 Å². The molecule has 2 aromatic rings. The summed E-state index contributed by atoms with van der Waals surface area (Å²) in [5.41, 5.74) is 1.40. The van der Waals surface area contributed by atoms with Crippen LogP contribution in [0.5, 0.6) is 5.75 Å². The van der Waals surface area contributed by atoms with Gasteiger partial charge in [-0.2, -0.15) is 0 Å². The van der Waals surface area contributed by atoms with E-state index in [9.17, 15) is 4.79 Å². The molecule has 1 atom stereocenters. The zero-order chi connectivity index (χ0) is 13.7. The summed E-state index contributed by atoms with van der Waals surface area (Å²) < 4.78 is 5.10. The van der Waals surface area contributed by atoms with Gasteiger partial charge in [-0.05, 0) is 37.3 Å². The van der Waals surface area contributed by atoms with Crippen molar-refractivity contribution in [3.8, 4) is 5.75 Å². The minimum Gasteiger partial charge on any atom is -0.497 e. The van der Waals surface area contributed by atoms with E-state index in [1.165, 1.54) is 0 Å². The van der Waals surface area contributed by atoms with Gasteiger partial charge < -0.3 is 10.1 Å². The molecule has 1 heterocycles. The van der Waals surface area contributed by atoms with Crippen LogP contribution in [0.3, 0.4) is 0 Å². The lowest BCUT2D eigenvalue weighted by molar-refractivity contribution is 0.0939. The Balaban J connectivity index is 2.08. The third-order valence-corrected chi connectivity index (χ3v) is 2.81. The number of nitrogens with zero attached hydrogens (tertiary/aromatic N) is 1. The summed E-state index contributed by atoms with van der Waals surface area (Å²) in [6, 6.07) is 12.6. The first-order chi connectivity index (χ1) is 9.20. The Hall–Kier alpha value is -2.36. The molecule has 0 aliphatic rings. The molecule has 98 valence electrons. The SMILES string of the molecule is COc1cccc(C(=O)N[C@@H](C)c2ccccn2)c1. The summed E-state index contributed by atoms with van der Waals surface area (Å²) >= 11 is 0. The van der Waals surface area contributed by atoms with Gasteiger partial charge in [0.2, 0.25) is 0 Å². The first kappa shape index (κ1) is 13.1. The molecule has 1 aromatic heterocycles. The summed E-state index contributed by atoms with van der Waals surface area (Å²) in [7, 11) is 1.58. The second-order valence-electron chi connectivity index (χ2n) is 4.18. The number of methoxy groups -OCH3 is 1. The van der Waals surface area contributed by atoms with Gasteiger partial charge in [-0.1, -0.05) is 12.1 Å². The number of amides is 1. The molecule has 0 unspecified atom stereocenters. The number of aromatic nitrogens is 1. The van der Waals surface area contributed by atoms with Crippen LogP contribution in [0.15, 0.2) is 48.7 Å². The van der Waals surface area contributed by atoms with Gasteiger partial charge in [0.05, 0.1) is 18.8 Å². The van der Waals surface area contributed by atoms with Gasteiger partial charge in [0.25, 0.3) is 5.91 Å². The van der Waals surface area contributed by atoms with Crippen molar-refractivity contribution in [3.05, 3.63) is 59.9 Å². The molecule has 0 fully saturated rings. The van der Waals surface area contributed by atoms with E-state index in [1.807, 2.05) is 25.1 Å². The minimum atomic E-state index is -0.142. The summed E-state index contributed by atoms with van der Waals surface area (Å²) in [4.78, 5) is 16.3. The van der Waals surface area contributed by atoms with Crippen molar-refractivity contribution < 1.29 is 9.53 Å². The standard InChI is InChI=1S/C15H16N2O2/c1-11(14-8-3-4-9-16-14)17-15(18)12-6-5-7-13(10-12)19-2/h3-11H,1-2H3,(H,17,18)/t11-/m0/s1. The molecule has 0 aliphatic heterocycles. The highest BCUT2D eigenvalue weighted by atomic mass is 16.5. The van der Waals surface area contributed by atoms with Gasteiger partial charge in [0.1, 0.15) is 5.75 Å². The summed E-state index contributed by atoms with van der Waals surface area (Å²) in [5, 5.41) is 2.91. The first-order valence-corrected chi connectivity index (χ1v) is 6.06. The zero-order valence-electron chi connectivity index (χ0n) is 11.0. The van der Waals surface area contributed by atoms with Crippen LogP contribution in [0.2, 0.25) is 0 Å². The summed E-state index contributed by atoms with van der Waals surface area (Å²) in [6.07, 6.45) is 1.71. The highest BCUT2D eigenvalue weighted by Gasteiger charge is 2.12. The van der Waals surface area contributed by atoms with Gasteiger partial charge in [-0.3, -0.25) is 9.78 Å². The molecule has 19 heavy (non-hydrogen) atoms. The number of ether oxygens (including phenoxy) is 1. The van der Waals surface area contributed by atoms with Crippen molar-refractivity contribution in [3.63, 3.8) is 0 Å². The van der Waals surface area contributed by atoms with E-state index < -0.39 is 0 Å². The fourth-order valence-electron chi connectivity index (χ4n) is 1.75. The Kier molecular flexibility index (Phi) is 4.13. The number of rotatable bonds is 4. The highest BCUT2D eigenvalue weighted by molar-refractivity contribution is 5.94. The number of benzene rings is 1. The van der Waals surface area contributed by atoms with E-state index >= 15 is 0 Å². The molecule has 1 amide bonds. The van der Waals surface area contributed by atoms with Gasteiger partial charge in [0, 0.05) is 11.8 Å². The largest absolute Gasteiger partial charge is 0.497 e. The highest BCUT2D eigenvalue weighted by Crippen LogP contribution is 2.14. The number of nitrogens with one attached hydrogen (secondary N) is 1. The monoisotopic (exact) mass is 256 g/mol. The molecule has 0 bridgehead atoms. The van der Waals surface area contributed by atoms with Crippen LogP contribution in [-0.4, -0.2) is 18.0 Å². The second-order valence-corrected chi connectivity index (χ2v) is 4.18. The van der Waals surface area contributed by atoms with E-state index in [-0.39, 0.29) is 11.9 Å². The maximum Gasteiger partial charge on any atom is 0.251 e. The van der Waals surface area contributed by atoms with E-state index in [2.05, 4.69) is 10.3 Å². The molecular formula is C15H16N2O2. The number of hydrogen-bond donors (Lipinski definition) is 1. The maximum atomic E-state index is 12.1. The quantitative estimate of drug-likeness (QED) is 0.914. The van der Waals surface area contributed by atoms with E-state index in [4.69, 9.17) is 4.74 Å². The van der Waals surface area contributed by atoms with Crippen molar-refractivity contribution >= 4 is 5.91 Å². The molecule has 0 spiro atoms. The zero-order valence-corrected chi connectivity index (χ0v) is 11.0. The van der Waals surface area contributed by atoms with Crippen LogP contribution in [0.25, 0.3) is 0 Å². The van der Waals surface area contributed by atoms with Crippen LogP contribution in [0.1, 0.15) is 29.0 Å². The Morgan fingerprint density at radius 1 is 1.26 bits per heavy atom. The lowest BCUT2D eigenvalue weighted by Gasteiger charge is -2.13. The van der Waals surface area contributed by atoms with Crippen LogP contribution < -0.4 is 10.1 Å². The van der Waals surface area contributed by atoms with Crippen molar-refractivity contribution in [1.82, 2.24) is 10.3 Å². The molecule has 0 saturated heterocycles. The van der Waals surface area contributed by atoms with Crippen molar-refractivity contribution in [2.75, 3.05) is 7.11 Å². The molecule has 4 nitrogen and oxygen atoms in total. The molecule has 1 aromatic carbocycles. The normalized spacial score (nSPS) is 11.7. The van der Waals surface area contributed by atoms with E-state index in [1.54, 1.807) is 37.6 Å². The summed E-state index contributed by atoms with van der Waals surface area (Å²) in [5.74, 6) is 0.523.